The van der Waals surface area contributed by atoms with E-state index in [-0.39, 0.29) is 11.6 Å². The molecule has 0 aromatic carbocycles. The molecule has 0 aliphatic carbocycles. The predicted molar refractivity (Wildman–Crippen MR) is 31.7 cm³/mol. The van der Waals surface area contributed by atoms with E-state index in [1.54, 1.807) is 6.92 Å². The first-order chi connectivity index (χ1) is 4.45. The smallest absolute Gasteiger partial charge is 0.328 e. The fourth-order valence-electron chi connectivity index (χ4n) is 0.378. The standard InChI is InChI=1S/C5H11NO4/c1-3-5(2,4(7)8)6(9)10/h9-10H,3H2,1-2H3,(H,7,8). The van der Waals surface area contributed by atoms with Crippen LogP contribution in [0.2, 0.25) is 0 Å². The molecule has 0 aliphatic rings. The molecule has 60 valence electrons. The molecule has 0 aromatic rings. The van der Waals surface area contributed by atoms with E-state index in [0.717, 1.165) is 0 Å². The molecule has 3 N–H and O–H groups in total. The van der Waals surface area contributed by atoms with E-state index in [2.05, 4.69) is 0 Å². The van der Waals surface area contributed by atoms with Crippen LogP contribution in [-0.4, -0.2) is 32.3 Å². The molecule has 0 heterocycles. The van der Waals surface area contributed by atoms with Gasteiger partial charge in [-0.15, -0.1) is 0 Å². The summed E-state index contributed by atoms with van der Waals surface area (Å²) in [4.78, 5) is 10.3. The maximum atomic E-state index is 10.3. The molecule has 0 radical (unpaired) electrons. The Morgan fingerprint density at radius 3 is 2.00 bits per heavy atom. The van der Waals surface area contributed by atoms with E-state index >= 15 is 0 Å². The van der Waals surface area contributed by atoms with Gasteiger partial charge in [0.05, 0.1) is 0 Å². The van der Waals surface area contributed by atoms with Crippen LogP contribution < -0.4 is 0 Å². The molecule has 0 aromatic heterocycles. The van der Waals surface area contributed by atoms with Crippen LogP contribution in [0.5, 0.6) is 0 Å². The molecule has 10 heavy (non-hydrogen) atoms. The maximum Gasteiger partial charge on any atom is 0.328 e. The van der Waals surface area contributed by atoms with Crippen molar-refractivity contribution in [2.75, 3.05) is 0 Å². The Bertz CT molecular complexity index is 136. The first-order valence-electron chi connectivity index (χ1n) is 2.86. The molecule has 0 fully saturated rings. The highest BCUT2D eigenvalue weighted by atomic mass is 16.8. The zero-order valence-electron chi connectivity index (χ0n) is 5.90. The van der Waals surface area contributed by atoms with Crippen LogP contribution in [-0.2, 0) is 4.79 Å². The van der Waals surface area contributed by atoms with Gasteiger partial charge in [0.2, 0.25) is 0 Å². The van der Waals surface area contributed by atoms with Gasteiger partial charge in [-0.3, -0.25) is 15.2 Å². The molecule has 1 atom stereocenters. The molecule has 5 nitrogen and oxygen atoms in total. The monoisotopic (exact) mass is 149 g/mol. The van der Waals surface area contributed by atoms with Gasteiger partial charge in [0.1, 0.15) is 0 Å². The third kappa shape index (κ3) is 1.44. The van der Waals surface area contributed by atoms with E-state index in [1.165, 1.54) is 6.92 Å². The van der Waals surface area contributed by atoms with Crippen LogP contribution in [0.4, 0.5) is 0 Å². The fourth-order valence-corrected chi connectivity index (χ4v) is 0.378. The molecule has 0 amide bonds. The number of rotatable bonds is 3. The molecule has 5 heteroatoms. The number of carbonyl (C=O) groups is 1. The Kier molecular flexibility index (Phi) is 2.77. The summed E-state index contributed by atoms with van der Waals surface area (Å²) in [6, 6.07) is 0. The number of aliphatic carboxylic acids is 1. The molecule has 0 saturated carbocycles. The van der Waals surface area contributed by atoms with E-state index in [4.69, 9.17) is 15.5 Å². The second-order valence-corrected chi connectivity index (χ2v) is 2.22. The van der Waals surface area contributed by atoms with Crippen molar-refractivity contribution in [2.24, 2.45) is 0 Å². The molecule has 1 unspecified atom stereocenters. The fraction of sp³-hybridized carbons (Fsp3) is 0.800. The largest absolute Gasteiger partial charge is 0.480 e. The van der Waals surface area contributed by atoms with Crippen LogP contribution in [0.3, 0.4) is 0 Å². The highest BCUT2D eigenvalue weighted by Gasteiger charge is 2.37. The van der Waals surface area contributed by atoms with Gasteiger partial charge in [0.15, 0.2) is 5.54 Å². The average molecular weight is 149 g/mol. The van der Waals surface area contributed by atoms with Crippen molar-refractivity contribution in [3.8, 4) is 0 Å². The van der Waals surface area contributed by atoms with E-state index < -0.39 is 11.5 Å². The van der Waals surface area contributed by atoms with Crippen molar-refractivity contribution in [1.29, 1.82) is 0 Å². The van der Waals surface area contributed by atoms with Crippen molar-refractivity contribution < 1.29 is 20.3 Å². The molecule has 0 aliphatic heterocycles. The summed E-state index contributed by atoms with van der Waals surface area (Å²) in [6.45, 7) is 2.77. The predicted octanol–water partition coefficient (Wildman–Crippen LogP) is 0.320. The SMILES string of the molecule is CCC(C)(C(=O)O)N(O)O. The van der Waals surface area contributed by atoms with Gasteiger partial charge in [-0.1, -0.05) is 12.2 Å². The summed E-state index contributed by atoms with van der Waals surface area (Å²) in [5, 5.41) is 25.1. The van der Waals surface area contributed by atoms with E-state index in [1.807, 2.05) is 0 Å². The summed E-state index contributed by atoms with van der Waals surface area (Å²) in [7, 11) is 0. The summed E-state index contributed by atoms with van der Waals surface area (Å²) in [5.74, 6) is -1.26. The summed E-state index contributed by atoms with van der Waals surface area (Å²) < 4.78 is 0. The molecule has 0 rings (SSSR count). The highest BCUT2D eigenvalue weighted by Crippen LogP contribution is 2.14. The average Bonchev–Trinajstić information content (AvgIpc) is 1.85. The van der Waals surface area contributed by atoms with Crippen LogP contribution in [0.25, 0.3) is 0 Å². The number of carboxylic acid groups (broad SMARTS) is 1. The van der Waals surface area contributed by atoms with Crippen molar-refractivity contribution in [1.82, 2.24) is 5.23 Å². The molecule has 0 bridgehead atoms. The maximum absolute atomic E-state index is 10.3. The Labute approximate surface area is 58.4 Å². The quantitative estimate of drug-likeness (QED) is 0.503. The zero-order valence-corrected chi connectivity index (χ0v) is 5.90. The first kappa shape index (κ1) is 9.35. The van der Waals surface area contributed by atoms with Crippen LogP contribution in [0.15, 0.2) is 0 Å². The summed E-state index contributed by atoms with van der Waals surface area (Å²) in [6.07, 6.45) is 0.120. The van der Waals surface area contributed by atoms with E-state index in [0.29, 0.717) is 0 Å². The van der Waals surface area contributed by atoms with E-state index in [9.17, 15) is 4.79 Å². The second-order valence-electron chi connectivity index (χ2n) is 2.22. The summed E-state index contributed by atoms with van der Waals surface area (Å²) >= 11 is 0. The number of hydrogen-bond acceptors (Lipinski definition) is 4. The number of nitrogens with zero attached hydrogens (tertiary/aromatic N) is 1. The van der Waals surface area contributed by atoms with Gasteiger partial charge in [-0.2, -0.15) is 0 Å². The minimum atomic E-state index is -1.60. The Hall–Kier alpha value is -0.650. The Morgan fingerprint density at radius 2 is 2.00 bits per heavy atom. The Balaban J connectivity index is 4.38. The van der Waals surface area contributed by atoms with Crippen molar-refractivity contribution in [2.45, 2.75) is 25.8 Å². The summed E-state index contributed by atoms with van der Waals surface area (Å²) in [5.41, 5.74) is -1.60. The van der Waals surface area contributed by atoms with Gasteiger partial charge in [0.25, 0.3) is 0 Å². The van der Waals surface area contributed by atoms with Crippen LogP contribution >= 0.6 is 0 Å². The third-order valence-corrected chi connectivity index (χ3v) is 1.59. The van der Waals surface area contributed by atoms with Crippen molar-refractivity contribution >= 4 is 5.97 Å². The lowest BCUT2D eigenvalue weighted by atomic mass is 10.0. The zero-order chi connectivity index (χ0) is 8.36. The minimum Gasteiger partial charge on any atom is -0.480 e. The first-order valence-corrected chi connectivity index (χ1v) is 2.86. The van der Waals surface area contributed by atoms with Gasteiger partial charge in [-0.25, -0.2) is 0 Å². The van der Waals surface area contributed by atoms with Crippen LogP contribution in [0, 0.1) is 0 Å². The lowest BCUT2D eigenvalue weighted by molar-refractivity contribution is -0.353. The number of hydrogen-bond donors (Lipinski definition) is 3. The van der Waals surface area contributed by atoms with Gasteiger partial charge in [0, 0.05) is 0 Å². The topological polar surface area (TPSA) is 81.0 Å². The van der Waals surface area contributed by atoms with Gasteiger partial charge >= 0.3 is 5.97 Å². The molecular weight excluding hydrogens is 138 g/mol. The molecular formula is C5H11NO4. The molecule has 0 saturated heterocycles. The lowest BCUT2D eigenvalue weighted by Gasteiger charge is -2.25. The minimum absolute atomic E-state index is 0.120. The number of hydroxylamine groups is 2. The van der Waals surface area contributed by atoms with Crippen LogP contribution in [0.1, 0.15) is 20.3 Å². The molecule has 0 spiro atoms. The second kappa shape index (κ2) is 2.96. The highest BCUT2D eigenvalue weighted by molar-refractivity contribution is 5.77. The number of carboxylic acids is 1. The van der Waals surface area contributed by atoms with Gasteiger partial charge in [-0.05, 0) is 13.3 Å². The normalized spacial score (nSPS) is 16.9. The lowest BCUT2D eigenvalue weighted by Crippen LogP contribution is -2.48. The van der Waals surface area contributed by atoms with Crippen molar-refractivity contribution in [3.05, 3.63) is 0 Å². The van der Waals surface area contributed by atoms with Crippen molar-refractivity contribution in [3.63, 3.8) is 0 Å². The third-order valence-electron chi connectivity index (χ3n) is 1.59. The Morgan fingerprint density at radius 1 is 1.60 bits per heavy atom. The van der Waals surface area contributed by atoms with Gasteiger partial charge < -0.3 is 5.11 Å².